The van der Waals surface area contributed by atoms with Gasteiger partial charge >= 0.3 is 6.03 Å². The Morgan fingerprint density at radius 2 is 1.95 bits per heavy atom. The summed E-state index contributed by atoms with van der Waals surface area (Å²) in [7, 11) is 0. The summed E-state index contributed by atoms with van der Waals surface area (Å²) >= 11 is 1.67. The fourth-order valence-corrected chi connectivity index (χ4v) is 2.01. The highest BCUT2D eigenvalue weighted by Gasteiger charge is 2.03. The molecule has 19 heavy (non-hydrogen) atoms. The van der Waals surface area contributed by atoms with Crippen molar-refractivity contribution in [1.29, 1.82) is 0 Å². The number of aryl methyl sites for hydroxylation is 1. The molecule has 100 valence electrons. The van der Waals surface area contributed by atoms with Gasteiger partial charge in [-0.2, -0.15) is 0 Å². The molecule has 1 aromatic carbocycles. The van der Waals surface area contributed by atoms with Gasteiger partial charge in [0.25, 0.3) is 0 Å². The number of rotatable bonds is 4. The predicted octanol–water partition coefficient (Wildman–Crippen LogP) is 3.63. The number of carbonyl (C=O) groups is 1. The minimum Gasteiger partial charge on any atom is -0.465 e. The number of amides is 2. The zero-order chi connectivity index (χ0) is 13.7. The van der Waals surface area contributed by atoms with Gasteiger partial charge in [0.05, 0.1) is 6.54 Å². The van der Waals surface area contributed by atoms with E-state index < -0.39 is 0 Å². The van der Waals surface area contributed by atoms with Crippen LogP contribution in [0.1, 0.15) is 11.5 Å². The summed E-state index contributed by atoms with van der Waals surface area (Å²) in [4.78, 5) is 12.8. The second kappa shape index (κ2) is 6.33. The van der Waals surface area contributed by atoms with Crippen LogP contribution in [-0.4, -0.2) is 12.3 Å². The topological polar surface area (TPSA) is 54.3 Å². The Bertz CT molecular complexity index is 549. The summed E-state index contributed by atoms with van der Waals surface area (Å²) in [5, 5.41) is 5.51. The van der Waals surface area contributed by atoms with Gasteiger partial charge in [0.1, 0.15) is 11.5 Å². The molecule has 0 aliphatic rings. The van der Waals surface area contributed by atoms with Gasteiger partial charge in [-0.1, -0.05) is 0 Å². The molecule has 0 atom stereocenters. The minimum absolute atomic E-state index is 0.244. The van der Waals surface area contributed by atoms with Crippen LogP contribution in [0, 0.1) is 6.92 Å². The Kier molecular flexibility index (Phi) is 4.52. The molecule has 1 aromatic heterocycles. The van der Waals surface area contributed by atoms with Gasteiger partial charge < -0.3 is 15.1 Å². The summed E-state index contributed by atoms with van der Waals surface area (Å²) in [5.41, 5.74) is 0.769. The Labute approximate surface area is 116 Å². The van der Waals surface area contributed by atoms with Crippen molar-refractivity contribution >= 4 is 23.5 Å². The first-order valence-corrected chi connectivity index (χ1v) is 7.14. The number of furan rings is 1. The molecule has 0 saturated heterocycles. The first kappa shape index (κ1) is 13.5. The van der Waals surface area contributed by atoms with Crippen LogP contribution < -0.4 is 10.6 Å². The first-order valence-electron chi connectivity index (χ1n) is 5.91. The number of urea groups is 1. The van der Waals surface area contributed by atoms with Gasteiger partial charge in [0.15, 0.2) is 0 Å². The number of thioether (sulfide) groups is 1. The third-order valence-electron chi connectivity index (χ3n) is 2.57. The van der Waals surface area contributed by atoms with Crippen molar-refractivity contribution in [3.05, 3.63) is 47.9 Å². The van der Waals surface area contributed by atoms with Crippen molar-refractivity contribution in [2.45, 2.75) is 18.4 Å². The minimum atomic E-state index is -0.244. The third-order valence-corrected chi connectivity index (χ3v) is 3.31. The van der Waals surface area contributed by atoms with E-state index in [1.807, 2.05) is 49.6 Å². The molecule has 0 aliphatic carbocycles. The van der Waals surface area contributed by atoms with E-state index in [0.29, 0.717) is 6.54 Å². The molecule has 1 heterocycles. The van der Waals surface area contributed by atoms with E-state index in [0.717, 1.165) is 22.1 Å². The second-order valence-electron chi connectivity index (χ2n) is 4.05. The first-order chi connectivity index (χ1) is 9.17. The van der Waals surface area contributed by atoms with Gasteiger partial charge in [-0.05, 0) is 49.6 Å². The van der Waals surface area contributed by atoms with Crippen LogP contribution in [0.3, 0.4) is 0 Å². The maximum atomic E-state index is 11.7. The Morgan fingerprint density at radius 3 is 2.53 bits per heavy atom. The van der Waals surface area contributed by atoms with Gasteiger partial charge in [-0.25, -0.2) is 4.79 Å². The number of benzene rings is 1. The van der Waals surface area contributed by atoms with E-state index in [1.165, 1.54) is 0 Å². The molecule has 2 aromatic rings. The van der Waals surface area contributed by atoms with Gasteiger partial charge in [-0.3, -0.25) is 0 Å². The lowest BCUT2D eigenvalue weighted by Gasteiger charge is -2.07. The number of anilines is 1. The maximum Gasteiger partial charge on any atom is 0.319 e. The molecule has 0 spiro atoms. The molecule has 0 bridgehead atoms. The average Bonchev–Trinajstić information content (AvgIpc) is 2.83. The molecule has 0 saturated carbocycles. The summed E-state index contributed by atoms with van der Waals surface area (Å²) in [6.45, 7) is 2.25. The summed E-state index contributed by atoms with van der Waals surface area (Å²) in [5.74, 6) is 1.58. The van der Waals surface area contributed by atoms with Crippen molar-refractivity contribution in [2.75, 3.05) is 11.6 Å². The van der Waals surface area contributed by atoms with Crippen LogP contribution in [0.4, 0.5) is 10.5 Å². The van der Waals surface area contributed by atoms with E-state index in [2.05, 4.69) is 10.6 Å². The fraction of sp³-hybridized carbons (Fsp3) is 0.214. The lowest BCUT2D eigenvalue weighted by molar-refractivity contribution is 0.250. The highest BCUT2D eigenvalue weighted by Crippen LogP contribution is 2.17. The molecule has 5 heteroatoms. The second-order valence-corrected chi connectivity index (χ2v) is 4.93. The van der Waals surface area contributed by atoms with Crippen LogP contribution in [0.25, 0.3) is 0 Å². The summed E-state index contributed by atoms with van der Waals surface area (Å²) < 4.78 is 5.37. The fourth-order valence-electron chi connectivity index (χ4n) is 1.60. The lowest BCUT2D eigenvalue weighted by atomic mass is 10.3. The monoisotopic (exact) mass is 276 g/mol. The van der Waals surface area contributed by atoms with Gasteiger partial charge in [-0.15, -0.1) is 11.8 Å². The van der Waals surface area contributed by atoms with Crippen molar-refractivity contribution in [1.82, 2.24) is 5.32 Å². The highest BCUT2D eigenvalue weighted by molar-refractivity contribution is 7.98. The Hall–Kier alpha value is -1.88. The quantitative estimate of drug-likeness (QED) is 0.838. The lowest BCUT2D eigenvalue weighted by Crippen LogP contribution is -2.27. The summed E-state index contributed by atoms with van der Waals surface area (Å²) in [6.07, 6.45) is 2.01. The number of hydrogen-bond acceptors (Lipinski definition) is 3. The van der Waals surface area contributed by atoms with E-state index in [9.17, 15) is 4.79 Å². The molecule has 2 N–H and O–H groups in total. The number of nitrogens with one attached hydrogen (secondary N) is 2. The van der Waals surface area contributed by atoms with Crippen molar-refractivity contribution in [3.8, 4) is 0 Å². The highest BCUT2D eigenvalue weighted by atomic mass is 32.2. The molecular weight excluding hydrogens is 260 g/mol. The average molecular weight is 276 g/mol. The summed E-state index contributed by atoms with van der Waals surface area (Å²) in [6, 6.07) is 11.2. The van der Waals surface area contributed by atoms with E-state index in [-0.39, 0.29) is 6.03 Å². The molecule has 0 fully saturated rings. The van der Waals surface area contributed by atoms with Crippen molar-refractivity contribution in [2.24, 2.45) is 0 Å². The number of hydrogen-bond donors (Lipinski definition) is 2. The molecule has 0 radical (unpaired) electrons. The van der Waals surface area contributed by atoms with Crippen LogP contribution in [0.2, 0.25) is 0 Å². The van der Waals surface area contributed by atoms with Crippen LogP contribution >= 0.6 is 11.8 Å². The van der Waals surface area contributed by atoms with E-state index in [4.69, 9.17) is 4.42 Å². The SMILES string of the molecule is CSc1ccc(NC(=O)NCc2ccc(C)o2)cc1. The third kappa shape index (κ3) is 4.06. The maximum absolute atomic E-state index is 11.7. The van der Waals surface area contributed by atoms with E-state index >= 15 is 0 Å². The zero-order valence-electron chi connectivity index (χ0n) is 10.9. The van der Waals surface area contributed by atoms with E-state index in [1.54, 1.807) is 11.8 Å². The Morgan fingerprint density at radius 1 is 1.21 bits per heavy atom. The molecule has 4 nitrogen and oxygen atoms in total. The van der Waals surface area contributed by atoms with Crippen LogP contribution in [0.5, 0.6) is 0 Å². The van der Waals surface area contributed by atoms with Gasteiger partial charge in [0.2, 0.25) is 0 Å². The number of carbonyl (C=O) groups excluding carboxylic acids is 1. The van der Waals surface area contributed by atoms with Crippen molar-refractivity contribution < 1.29 is 9.21 Å². The molecule has 2 rings (SSSR count). The smallest absolute Gasteiger partial charge is 0.319 e. The molecule has 0 unspecified atom stereocenters. The van der Waals surface area contributed by atoms with Gasteiger partial charge in [0, 0.05) is 10.6 Å². The normalized spacial score (nSPS) is 10.2. The zero-order valence-corrected chi connectivity index (χ0v) is 11.7. The van der Waals surface area contributed by atoms with Crippen LogP contribution in [-0.2, 0) is 6.54 Å². The standard InChI is InChI=1S/C14H16N2O2S/c1-10-3-6-12(18-10)9-15-14(17)16-11-4-7-13(19-2)8-5-11/h3-8H,9H2,1-2H3,(H2,15,16,17). The molecule has 0 aliphatic heterocycles. The van der Waals surface area contributed by atoms with Crippen LogP contribution in [0.15, 0.2) is 45.7 Å². The molecular formula is C14H16N2O2S. The van der Waals surface area contributed by atoms with Crippen molar-refractivity contribution in [3.63, 3.8) is 0 Å². The largest absolute Gasteiger partial charge is 0.465 e. The Balaban J connectivity index is 1.83. The predicted molar refractivity (Wildman–Crippen MR) is 77.5 cm³/mol. The molecule has 2 amide bonds.